The molecule has 0 aromatic heterocycles. The molecule has 6 nitrogen and oxygen atoms in total. The van der Waals surface area contributed by atoms with Crippen LogP contribution in [-0.4, -0.2) is 41.6 Å². The Morgan fingerprint density at radius 3 is 2.94 bits per heavy atom. The second kappa shape index (κ2) is 9.30. The monoisotopic (exact) mass is 460 g/mol. The predicted molar refractivity (Wildman–Crippen MR) is 117 cm³/mol. The van der Waals surface area contributed by atoms with Crippen LogP contribution in [0.3, 0.4) is 0 Å². The Morgan fingerprint density at radius 2 is 2.13 bits per heavy atom. The van der Waals surface area contributed by atoms with Crippen molar-refractivity contribution in [2.45, 2.75) is 19.3 Å². The van der Waals surface area contributed by atoms with Gasteiger partial charge in [-0.3, -0.25) is 9.59 Å². The molecule has 161 valence electrons. The number of nitrogens with zero attached hydrogens (tertiary/aromatic N) is 1. The van der Waals surface area contributed by atoms with Crippen molar-refractivity contribution in [2.24, 2.45) is 5.92 Å². The molecule has 2 heterocycles. The van der Waals surface area contributed by atoms with E-state index in [4.69, 9.17) is 33.0 Å². The molecule has 2 aromatic rings. The smallest absolute Gasteiger partial charge is 0.308 e. The minimum atomic E-state index is -0.876. The van der Waals surface area contributed by atoms with E-state index in [9.17, 15) is 14.7 Å². The number of halogens is 2. The summed E-state index contributed by atoms with van der Waals surface area (Å²) in [5.74, 6) is -0.996. The summed E-state index contributed by atoms with van der Waals surface area (Å²) in [6, 6.07) is 10.4. The van der Waals surface area contributed by atoms with E-state index in [0.29, 0.717) is 42.3 Å². The van der Waals surface area contributed by atoms with Gasteiger partial charge in [-0.05, 0) is 48.2 Å². The van der Waals surface area contributed by atoms with E-state index in [0.717, 1.165) is 23.1 Å². The molecule has 0 spiro atoms. The molecule has 0 aliphatic carbocycles. The van der Waals surface area contributed by atoms with E-state index in [1.165, 1.54) is 6.08 Å². The van der Waals surface area contributed by atoms with Crippen LogP contribution >= 0.6 is 23.2 Å². The summed E-state index contributed by atoms with van der Waals surface area (Å²) < 4.78 is 0. The van der Waals surface area contributed by atoms with Crippen LogP contribution in [-0.2, 0) is 20.9 Å². The second-order valence-corrected chi connectivity index (χ2v) is 8.27. The second-order valence-electron chi connectivity index (χ2n) is 7.52. The fourth-order valence-corrected chi connectivity index (χ4v) is 4.21. The molecule has 31 heavy (non-hydrogen) atoms. The van der Waals surface area contributed by atoms with Gasteiger partial charge in [0.15, 0.2) is 5.75 Å². The predicted octanol–water partition coefficient (Wildman–Crippen LogP) is 4.66. The Hall–Kier alpha value is -2.54. The van der Waals surface area contributed by atoms with E-state index < -0.39 is 11.9 Å². The normalized spacial score (nSPS) is 18.5. The molecule has 1 atom stereocenters. The fraction of sp³-hybridized carbons (Fsp3) is 0.304. The highest BCUT2D eigenvalue weighted by molar-refractivity contribution is 6.43. The Labute approximate surface area is 189 Å². The van der Waals surface area contributed by atoms with Gasteiger partial charge >= 0.3 is 5.97 Å². The lowest BCUT2D eigenvalue weighted by atomic mass is 9.96. The van der Waals surface area contributed by atoms with Crippen molar-refractivity contribution in [2.75, 3.05) is 19.7 Å². The summed E-state index contributed by atoms with van der Waals surface area (Å²) in [7, 11) is 0. The third-order valence-corrected chi connectivity index (χ3v) is 6.30. The number of fused-ring (bicyclic) bond motifs is 1. The highest BCUT2D eigenvalue weighted by Crippen LogP contribution is 2.37. The van der Waals surface area contributed by atoms with Crippen LogP contribution in [0.1, 0.15) is 24.0 Å². The zero-order valence-corrected chi connectivity index (χ0v) is 18.1. The molecule has 1 radical (unpaired) electrons. The topological polar surface area (TPSA) is 76.1 Å². The largest absolute Gasteiger partial charge is 0.481 e. The number of hydrogen-bond acceptors (Lipinski definition) is 4. The third-order valence-electron chi connectivity index (χ3n) is 5.51. The van der Waals surface area contributed by atoms with E-state index in [1.54, 1.807) is 17.0 Å². The van der Waals surface area contributed by atoms with Crippen molar-refractivity contribution in [1.29, 1.82) is 0 Å². The molecule has 1 saturated heterocycles. The average molecular weight is 461 g/mol. The van der Waals surface area contributed by atoms with Crippen molar-refractivity contribution in [1.82, 2.24) is 4.90 Å². The maximum Gasteiger partial charge on any atom is 0.308 e. The van der Waals surface area contributed by atoms with Crippen LogP contribution in [0.5, 0.6) is 5.75 Å². The van der Waals surface area contributed by atoms with E-state index in [-0.39, 0.29) is 17.5 Å². The molecular formula is C23H20Cl2NO5. The fourth-order valence-electron chi connectivity index (χ4n) is 3.83. The van der Waals surface area contributed by atoms with Crippen LogP contribution < -0.4 is 4.89 Å². The van der Waals surface area contributed by atoms with Crippen LogP contribution in [0, 0.1) is 12.0 Å². The van der Waals surface area contributed by atoms with Gasteiger partial charge < -0.3 is 14.9 Å². The molecule has 2 aromatic carbocycles. The summed E-state index contributed by atoms with van der Waals surface area (Å²) >= 11 is 12.7. The van der Waals surface area contributed by atoms with Gasteiger partial charge in [0.1, 0.15) is 0 Å². The van der Waals surface area contributed by atoms with Gasteiger partial charge in [0, 0.05) is 42.8 Å². The molecule has 8 heteroatoms. The first-order valence-corrected chi connectivity index (χ1v) is 10.7. The van der Waals surface area contributed by atoms with Crippen molar-refractivity contribution in [3.8, 4) is 16.9 Å². The average Bonchev–Trinajstić information content (AvgIpc) is 2.79. The molecule has 1 N–H and O–H groups in total. The van der Waals surface area contributed by atoms with E-state index in [1.807, 2.05) is 18.2 Å². The number of rotatable bonds is 4. The summed E-state index contributed by atoms with van der Waals surface area (Å²) in [6.45, 7) is 1.21. The highest BCUT2D eigenvalue weighted by Gasteiger charge is 2.27. The van der Waals surface area contributed by atoms with Crippen LogP contribution in [0.15, 0.2) is 30.3 Å². The molecule has 0 saturated carbocycles. The quantitative estimate of drug-likeness (QED) is 0.530. The first kappa shape index (κ1) is 21.7. The first-order valence-electron chi connectivity index (χ1n) is 9.96. The Kier molecular flexibility index (Phi) is 6.51. The summed E-state index contributed by atoms with van der Waals surface area (Å²) in [4.78, 5) is 35.7. The van der Waals surface area contributed by atoms with E-state index >= 15 is 0 Å². The van der Waals surface area contributed by atoms with Crippen molar-refractivity contribution >= 4 is 41.2 Å². The molecule has 1 unspecified atom stereocenters. The molecule has 2 aliphatic rings. The lowest BCUT2D eigenvalue weighted by Gasteiger charge is -2.29. The minimum absolute atomic E-state index is 0.204. The van der Waals surface area contributed by atoms with Gasteiger partial charge in [-0.1, -0.05) is 29.3 Å². The molecule has 0 bridgehead atoms. The molecule has 1 amide bonds. The van der Waals surface area contributed by atoms with Crippen LogP contribution in [0.25, 0.3) is 17.2 Å². The zero-order valence-electron chi connectivity index (χ0n) is 16.6. The number of carboxylic acids is 1. The Bertz CT molecular complexity index is 1050. The first-order chi connectivity index (χ1) is 14.9. The standard InChI is InChI=1S/C23H20Cl2NO5/c24-19-6-4-17(14-3-7-20-15(12-14)9-11-30-31-20)18(22(19)25)5-8-21(27)26-10-1-2-16(13-26)23(28)29/h3-5,7-8,12,16H,1-2,9-11,13H2,(H,28,29)/b8-5+. The van der Waals surface area contributed by atoms with Crippen molar-refractivity contribution in [3.05, 3.63) is 57.6 Å². The molecule has 4 rings (SSSR count). The lowest BCUT2D eigenvalue weighted by Crippen LogP contribution is -2.41. The van der Waals surface area contributed by atoms with E-state index in [2.05, 4.69) is 6.07 Å². The summed E-state index contributed by atoms with van der Waals surface area (Å²) in [5.41, 5.74) is 3.26. The number of benzene rings is 2. The summed E-state index contributed by atoms with van der Waals surface area (Å²) in [6.07, 6.45) is 5.01. The van der Waals surface area contributed by atoms with Gasteiger partial charge in [0.05, 0.1) is 22.6 Å². The van der Waals surface area contributed by atoms with Crippen molar-refractivity contribution < 1.29 is 24.5 Å². The van der Waals surface area contributed by atoms with Gasteiger partial charge in [-0.15, -0.1) is 0 Å². The molecular weight excluding hydrogens is 441 g/mol. The number of carboxylic acid groups (broad SMARTS) is 1. The number of likely N-dealkylation sites (tertiary alicyclic amines) is 1. The Balaban J connectivity index is 1.63. The molecule has 1 fully saturated rings. The maximum absolute atomic E-state index is 12.7. The Morgan fingerprint density at radius 1 is 1.29 bits per heavy atom. The number of carbonyl (C=O) groups excluding carboxylic acids is 1. The minimum Gasteiger partial charge on any atom is -0.481 e. The maximum atomic E-state index is 12.7. The lowest BCUT2D eigenvalue weighted by molar-refractivity contribution is -0.215. The SMILES string of the molecule is O=C(O)C1CCCN(C(=O)/C=C/c2c(-c3ccc4c(c3)CCOO4)c[c]c(Cl)c2Cl)C1. The van der Waals surface area contributed by atoms with Gasteiger partial charge in [0.2, 0.25) is 5.91 Å². The number of hydrogen-bond donors (Lipinski definition) is 1. The number of carbonyl (C=O) groups is 2. The number of aliphatic carboxylic acids is 1. The highest BCUT2D eigenvalue weighted by atomic mass is 35.5. The molecule has 2 aliphatic heterocycles. The number of piperidine rings is 1. The third kappa shape index (κ3) is 4.71. The van der Waals surface area contributed by atoms with Crippen LogP contribution in [0.4, 0.5) is 0 Å². The zero-order chi connectivity index (χ0) is 22.0. The van der Waals surface area contributed by atoms with Gasteiger partial charge in [-0.2, -0.15) is 4.89 Å². The van der Waals surface area contributed by atoms with Gasteiger partial charge in [0.25, 0.3) is 0 Å². The van der Waals surface area contributed by atoms with Crippen LogP contribution in [0.2, 0.25) is 10.0 Å². The van der Waals surface area contributed by atoms with Crippen molar-refractivity contribution in [3.63, 3.8) is 0 Å². The van der Waals surface area contributed by atoms with Gasteiger partial charge in [-0.25, -0.2) is 0 Å². The summed E-state index contributed by atoms with van der Waals surface area (Å²) in [5, 5.41) is 9.81. The number of amides is 1.